The van der Waals surface area contributed by atoms with Crippen molar-refractivity contribution in [2.45, 2.75) is 103 Å². The minimum atomic E-state index is -1.20. The normalized spacial score (nSPS) is 20.2. The number of nitrogens with two attached hydrogens (primary N) is 1. The highest BCUT2D eigenvalue weighted by Crippen LogP contribution is 2.30. The summed E-state index contributed by atoms with van der Waals surface area (Å²) in [6.07, 6.45) is 5.79. The van der Waals surface area contributed by atoms with Crippen LogP contribution in [0.2, 0.25) is 0 Å². The van der Waals surface area contributed by atoms with Crippen LogP contribution in [0.1, 0.15) is 79.1 Å². The number of esters is 1. The standard InChI is InChI=1S/C27H43N5O7/c1-6-16-39-24(37)27(13-9-8-10-14-27)31-25(38)30-20(26(3,4)5)23(36)32-15-11-12-18(32)22(35)29-17(7-2)19(33)21(28)34/h6,17-18,20H,1,7-16H2,2-5H3,(H2,28,34)(H,29,35)(H2,30,31,38). The van der Waals surface area contributed by atoms with Crippen LogP contribution in [0, 0.1) is 5.41 Å². The van der Waals surface area contributed by atoms with Crippen molar-refractivity contribution in [2.75, 3.05) is 13.2 Å². The molecule has 1 heterocycles. The smallest absolute Gasteiger partial charge is 0.332 e. The summed E-state index contributed by atoms with van der Waals surface area (Å²) >= 11 is 0. The highest BCUT2D eigenvalue weighted by molar-refractivity contribution is 6.37. The van der Waals surface area contributed by atoms with Crippen LogP contribution in [-0.4, -0.2) is 77.2 Å². The lowest BCUT2D eigenvalue weighted by Gasteiger charge is -2.38. The third-order valence-electron chi connectivity index (χ3n) is 7.29. The molecule has 5 N–H and O–H groups in total. The molecule has 1 saturated heterocycles. The number of likely N-dealkylation sites (tertiary alicyclic amines) is 1. The number of nitrogens with one attached hydrogen (secondary N) is 3. The highest BCUT2D eigenvalue weighted by atomic mass is 16.5. The molecule has 39 heavy (non-hydrogen) atoms. The second kappa shape index (κ2) is 13.6. The molecule has 0 radical (unpaired) electrons. The number of hydrogen-bond donors (Lipinski definition) is 4. The van der Waals surface area contributed by atoms with Crippen LogP contribution in [-0.2, 0) is 28.7 Å². The summed E-state index contributed by atoms with van der Waals surface area (Å²) in [5.74, 6) is -3.62. The third kappa shape index (κ3) is 8.03. The zero-order valence-corrected chi connectivity index (χ0v) is 23.5. The number of carbonyl (C=O) groups is 6. The molecule has 12 heteroatoms. The van der Waals surface area contributed by atoms with E-state index < -0.39 is 64.6 Å². The molecule has 1 aliphatic heterocycles. The third-order valence-corrected chi connectivity index (χ3v) is 7.29. The number of nitrogens with zero attached hydrogens (tertiary/aromatic N) is 1. The Balaban J connectivity index is 2.20. The van der Waals surface area contributed by atoms with E-state index in [1.807, 2.05) is 0 Å². The SMILES string of the molecule is C=CCOC(=O)C1(NC(=O)NC(C(=O)N2CCCC2C(=O)NC(CC)C(=O)C(N)=O)C(C)(C)C)CCCCC1. The van der Waals surface area contributed by atoms with E-state index in [0.29, 0.717) is 25.7 Å². The number of urea groups is 1. The zero-order valence-electron chi connectivity index (χ0n) is 23.5. The van der Waals surface area contributed by atoms with Gasteiger partial charge in [0.1, 0.15) is 24.2 Å². The molecule has 2 fully saturated rings. The number of ketones is 1. The Morgan fingerprint density at radius 1 is 1.08 bits per heavy atom. The molecule has 0 aromatic rings. The Bertz CT molecular complexity index is 968. The molecule has 1 saturated carbocycles. The molecule has 0 spiro atoms. The van der Waals surface area contributed by atoms with Gasteiger partial charge in [-0.25, -0.2) is 9.59 Å². The lowest BCUT2D eigenvalue weighted by Crippen LogP contribution is -2.64. The maximum atomic E-state index is 13.7. The minimum absolute atomic E-state index is 0.0231. The number of Topliss-reactive ketones (excluding diaryl/α,β-unsaturated/α-hetero) is 1. The van der Waals surface area contributed by atoms with Crippen molar-refractivity contribution in [3.05, 3.63) is 12.7 Å². The maximum absolute atomic E-state index is 13.7. The summed E-state index contributed by atoms with van der Waals surface area (Å²) in [6.45, 7) is 10.9. The van der Waals surface area contributed by atoms with Crippen LogP contribution in [0.25, 0.3) is 0 Å². The monoisotopic (exact) mass is 549 g/mol. The molecule has 1 aliphatic carbocycles. The first kappa shape index (κ1) is 31.8. The lowest BCUT2D eigenvalue weighted by molar-refractivity contribution is -0.151. The van der Waals surface area contributed by atoms with E-state index in [-0.39, 0.29) is 19.6 Å². The number of primary amides is 1. The molecular formula is C27H43N5O7. The quantitative estimate of drug-likeness (QED) is 0.169. The largest absolute Gasteiger partial charge is 0.460 e. The number of amides is 5. The van der Waals surface area contributed by atoms with E-state index in [0.717, 1.165) is 19.3 Å². The number of ether oxygens (including phenoxy) is 1. The second-order valence-corrected chi connectivity index (χ2v) is 11.3. The van der Waals surface area contributed by atoms with Gasteiger partial charge in [-0.1, -0.05) is 59.6 Å². The summed E-state index contributed by atoms with van der Waals surface area (Å²) in [5.41, 5.74) is 3.15. The van der Waals surface area contributed by atoms with Crippen molar-refractivity contribution in [1.29, 1.82) is 0 Å². The van der Waals surface area contributed by atoms with Gasteiger partial charge in [0.15, 0.2) is 0 Å². The van der Waals surface area contributed by atoms with Crippen LogP contribution < -0.4 is 21.7 Å². The molecule has 0 aromatic heterocycles. The van der Waals surface area contributed by atoms with Gasteiger partial charge in [-0.15, -0.1) is 0 Å². The molecule has 0 bridgehead atoms. The van der Waals surface area contributed by atoms with Crippen molar-refractivity contribution in [3.8, 4) is 0 Å². The van der Waals surface area contributed by atoms with Crippen molar-refractivity contribution >= 4 is 35.5 Å². The first-order valence-corrected chi connectivity index (χ1v) is 13.6. The van der Waals surface area contributed by atoms with Crippen LogP contribution in [0.15, 0.2) is 12.7 Å². The second-order valence-electron chi connectivity index (χ2n) is 11.3. The van der Waals surface area contributed by atoms with Crippen molar-refractivity contribution < 1.29 is 33.5 Å². The van der Waals surface area contributed by atoms with Gasteiger partial charge < -0.3 is 31.3 Å². The minimum Gasteiger partial charge on any atom is -0.460 e. The summed E-state index contributed by atoms with van der Waals surface area (Å²) < 4.78 is 5.28. The summed E-state index contributed by atoms with van der Waals surface area (Å²) in [5, 5.41) is 8.07. The Hall–Kier alpha value is -3.44. The van der Waals surface area contributed by atoms with Crippen molar-refractivity contribution in [1.82, 2.24) is 20.9 Å². The first-order chi connectivity index (χ1) is 18.3. The zero-order chi connectivity index (χ0) is 29.4. The van der Waals surface area contributed by atoms with Gasteiger partial charge in [0, 0.05) is 6.54 Å². The van der Waals surface area contributed by atoms with Crippen molar-refractivity contribution in [2.24, 2.45) is 11.1 Å². The molecule has 218 valence electrons. The van der Waals surface area contributed by atoms with Gasteiger partial charge in [-0.05, 0) is 37.5 Å². The van der Waals surface area contributed by atoms with E-state index in [1.165, 1.54) is 11.0 Å². The molecule has 2 aliphatic rings. The van der Waals surface area contributed by atoms with Crippen LogP contribution in [0.5, 0.6) is 0 Å². The summed E-state index contributed by atoms with van der Waals surface area (Å²) in [6, 6.07) is -3.66. The van der Waals surface area contributed by atoms with Gasteiger partial charge in [-0.2, -0.15) is 0 Å². The predicted molar refractivity (Wildman–Crippen MR) is 143 cm³/mol. The number of hydrogen-bond acceptors (Lipinski definition) is 7. The molecule has 3 atom stereocenters. The summed E-state index contributed by atoms with van der Waals surface area (Å²) in [7, 11) is 0. The molecule has 3 unspecified atom stereocenters. The van der Waals surface area contributed by atoms with E-state index in [1.54, 1.807) is 27.7 Å². The van der Waals surface area contributed by atoms with Crippen LogP contribution >= 0.6 is 0 Å². The first-order valence-electron chi connectivity index (χ1n) is 13.6. The molecule has 12 nitrogen and oxygen atoms in total. The summed E-state index contributed by atoms with van der Waals surface area (Å²) in [4.78, 5) is 77.6. The number of carbonyl (C=O) groups excluding carboxylic acids is 6. The van der Waals surface area contributed by atoms with Gasteiger partial charge in [0.25, 0.3) is 5.91 Å². The van der Waals surface area contributed by atoms with E-state index in [2.05, 4.69) is 22.5 Å². The fourth-order valence-corrected chi connectivity index (χ4v) is 5.10. The Labute approximate surface area is 229 Å². The Kier molecular flexibility index (Phi) is 11.1. The Morgan fingerprint density at radius 2 is 1.72 bits per heavy atom. The van der Waals surface area contributed by atoms with Gasteiger partial charge >= 0.3 is 12.0 Å². The van der Waals surface area contributed by atoms with E-state index >= 15 is 0 Å². The number of rotatable bonds is 11. The molecule has 0 aromatic carbocycles. The van der Waals surface area contributed by atoms with Crippen LogP contribution in [0.3, 0.4) is 0 Å². The fraction of sp³-hybridized carbons (Fsp3) is 0.704. The maximum Gasteiger partial charge on any atom is 0.332 e. The van der Waals surface area contributed by atoms with Gasteiger partial charge in [-0.3, -0.25) is 19.2 Å². The predicted octanol–water partition coefficient (Wildman–Crippen LogP) is 1.07. The molecular weight excluding hydrogens is 506 g/mol. The lowest BCUT2D eigenvalue weighted by atomic mass is 9.81. The van der Waals surface area contributed by atoms with Gasteiger partial charge in [0.05, 0.1) is 6.04 Å². The van der Waals surface area contributed by atoms with E-state index in [4.69, 9.17) is 10.5 Å². The molecule has 2 rings (SSSR count). The van der Waals surface area contributed by atoms with Crippen molar-refractivity contribution in [3.63, 3.8) is 0 Å². The Morgan fingerprint density at radius 3 is 2.26 bits per heavy atom. The highest BCUT2D eigenvalue weighted by Gasteiger charge is 2.45. The van der Waals surface area contributed by atoms with Gasteiger partial charge in [0.2, 0.25) is 17.6 Å². The average Bonchev–Trinajstić information content (AvgIpc) is 3.38. The molecule has 5 amide bonds. The fourth-order valence-electron chi connectivity index (χ4n) is 5.10. The van der Waals surface area contributed by atoms with E-state index in [9.17, 15) is 28.8 Å². The average molecular weight is 550 g/mol. The van der Waals surface area contributed by atoms with Crippen LogP contribution in [0.4, 0.5) is 4.79 Å². The topological polar surface area (TPSA) is 177 Å².